The number of para-hydroxylation sites is 1. The highest BCUT2D eigenvalue weighted by Crippen LogP contribution is 2.34. The predicted molar refractivity (Wildman–Crippen MR) is 120 cm³/mol. The Bertz CT molecular complexity index is 926. The van der Waals surface area contributed by atoms with Crippen molar-refractivity contribution in [2.45, 2.75) is 38.1 Å². The zero-order chi connectivity index (χ0) is 22.2. The molecule has 31 heavy (non-hydrogen) atoms. The van der Waals surface area contributed by atoms with Crippen LogP contribution in [0.5, 0.6) is 0 Å². The summed E-state index contributed by atoms with van der Waals surface area (Å²) in [7, 11) is 0. The molecule has 0 spiro atoms. The van der Waals surface area contributed by atoms with Crippen LogP contribution in [0.15, 0.2) is 45.7 Å². The van der Waals surface area contributed by atoms with E-state index in [2.05, 4.69) is 29.6 Å². The zero-order valence-electron chi connectivity index (χ0n) is 17.8. The van der Waals surface area contributed by atoms with Crippen molar-refractivity contribution in [1.82, 2.24) is 15.8 Å². The molecule has 0 fully saturated rings. The summed E-state index contributed by atoms with van der Waals surface area (Å²) in [5.74, 6) is 0.557. The Kier molecular flexibility index (Phi) is 8.13. The summed E-state index contributed by atoms with van der Waals surface area (Å²) in [5, 5.41) is 0. The second kappa shape index (κ2) is 11.0. The van der Waals surface area contributed by atoms with E-state index in [0.717, 1.165) is 29.4 Å². The maximum Gasteiger partial charge on any atom is 0.305 e. The largest absolute Gasteiger partial charge is 0.454 e. The number of amides is 3. The minimum Gasteiger partial charge on any atom is -0.454 e. The molecule has 1 aromatic carbocycles. The van der Waals surface area contributed by atoms with E-state index < -0.39 is 11.8 Å². The van der Waals surface area contributed by atoms with E-state index in [9.17, 15) is 14.4 Å². The number of fused-ring (bicyclic) bond motifs is 1. The predicted octanol–water partition coefficient (Wildman–Crippen LogP) is 2.80. The second-order valence-electron chi connectivity index (χ2n) is 7.09. The van der Waals surface area contributed by atoms with Gasteiger partial charge in [0, 0.05) is 30.0 Å². The molecule has 3 amide bonds. The van der Waals surface area contributed by atoms with E-state index in [0.29, 0.717) is 18.8 Å². The number of carbonyl (C=O) groups is 3. The van der Waals surface area contributed by atoms with E-state index in [-0.39, 0.29) is 24.5 Å². The number of nitrogens with zero attached hydrogens (tertiary/aromatic N) is 2. The van der Waals surface area contributed by atoms with Crippen LogP contribution < -0.4 is 15.8 Å². The molecule has 9 heteroatoms. The molecule has 0 radical (unpaired) electrons. The molecular weight excluding hydrogens is 416 g/mol. The highest BCUT2D eigenvalue weighted by atomic mass is 32.2. The van der Waals surface area contributed by atoms with Crippen molar-refractivity contribution < 1.29 is 18.8 Å². The van der Waals surface area contributed by atoms with Crippen LogP contribution in [0, 0.1) is 0 Å². The topological polar surface area (TPSA) is 94.9 Å². The Morgan fingerprint density at radius 1 is 1.06 bits per heavy atom. The van der Waals surface area contributed by atoms with Crippen molar-refractivity contribution in [2.24, 2.45) is 0 Å². The lowest BCUT2D eigenvalue weighted by atomic mass is 10.2. The number of furan rings is 1. The van der Waals surface area contributed by atoms with E-state index in [1.807, 2.05) is 24.3 Å². The van der Waals surface area contributed by atoms with Crippen LogP contribution in [0.1, 0.15) is 43.0 Å². The monoisotopic (exact) mass is 444 g/mol. The van der Waals surface area contributed by atoms with Gasteiger partial charge in [0.2, 0.25) is 11.8 Å². The van der Waals surface area contributed by atoms with E-state index in [4.69, 9.17) is 4.42 Å². The fraction of sp³-hybridized carbons (Fsp3) is 0.409. The molecule has 0 atom stereocenters. The Morgan fingerprint density at radius 2 is 1.84 bits per heavy atom. The van der Waals surface area contributed by atoms with Crippen LogP contribution in [0.3, 0.4) is 0 Å². The van der Waals surface area contributed by atoms with Gasteiger partial charge in [-0.05, 0) is 37.4 Å². The van der Waals surface area contributed by atoms with Crippen LogP contribution in [0.4, 0.5) is 5.69 Å². The van der Waals surface area contributed by atoms with Crippen molar-refractivity contribution in [3.63, 3.8) is 0 Å². The molecule has 0 aliphatic carbocycles. The van der Waals surface area contributed by atoms with Crippen molar-refractivity contribution >= 4 is 35.2 Å². The molecule has 1 aromatic heterocycles. The summed E-state index contributed by atoms with van der Waals surface area (Å²) < 4.78 is 5.55. The minimum absolute atomic E-state index is 0.0176. The van der Waals surface area contributed by atoms with Crippen LogP contribution in [-0.2, 0) is 16.1 Å². The van der Waals surface area contributed by atoms with Gasteiger partial charge in [-0.2, -0.15) is 0 Å². The van der Waals surface area contributed by atoms with Gasteiger partial charge in [-0.1, -0.05) is 26.0 Å². The highest BCUT2D eigenvalue weighted by molar-refractivity contribution is 7.99. The van der Waals surface area contributed by atoms with Crippen molar-refractivity contribution in [1.29, 1.82) is 0 Å². The molecule has 2 heterocycles. The van der Waals surface area contributed by atoms with E-state index >= 15 is 0 Å². The number of rotatable bonds is 8. The molecule has 0 saturated heterocycles. The fourth-order valence-electron chi connectivity index (χ4n) is 3.29. The molecule has 0 saturated carbocycles. The zero-order valence-corrected chi connectivity index (χ0v) is 18.7. The van der Waals surface area contributed by atoms with Crippen molar-refractivity contribution in [3.05, 3.63) is 47.9 Å². The maximum absolute atomic E-state index is 12.6. The summed E-state index contributed by atoms with van der Waals surface area (Å²) >= 11 is 1.72. The maximum atomic E-state index is 12.6. The first-order chi connectivity index (χ1) is 15.0. The van der Waals surface area contributed by atoms with E-state index in [1.165, 1.54) is 0 Å². The molecule has 3 rings (SSSR count). The van der Waals surface area contributed by atoms with Crippen LogP contribution in [0.25, 0.3) is 0 Å². The SMILES string of the molecule is CCN(CC)Cc1ccc(C(=O)NNC(=O)CCC(=O)N2CCSc3ccccc32)o1. The number of nitrogens with one attached hydrogen (secondary N) is 2. The van der Waals surface area contributed by atoms with E-state index in [1.54, 1.807) is 28.8 Å². The minimum atomic E-state index is -0.535. The average molecular weight is 445 g/mol. The van der Waals surface area contributed by atoms with Gasteiger partial charge in [-0.25, -0.2) is 0 Å². The molecule has 2 aromatic rings. The van der Waals surface area contributed by atoms with Crippen molar-refractivity contribution in [3.8, 4) is 0 Å². The summed E-state index contributed by atoms with van der Waals surface area (Å²) in [6.45, 7) is 7.12. The molecule has 0 unspecified atom stereocenters. The first-order valence-electron chi connectivity index (χ1n) is 10.4. The first-order valence-corrected chi connectivity index (χ1v) is 11.4. The number of anilines is 1. The van der Waals surface area contributed by atoms with Gasteiger partial charge >= 0.3 is 5.91 Å². The van der Waals surface area contributed by atoms with Crippen LogP contribution in [-0.4, -0.2) is 48.0 Å². The van der Waals surface area contributed by atoms with Gasteiger partial charge in [-0.15, -0.1) is 11.8 Å². The third kappa shape index (κ3) is 6.11. The van der Waals surface area contributed by atoms with Gasteiger partial charge in [0.1, 0.15) is 5.76 Å². The molecule has 8 nitrogen and oxygen atoms in total. The quantitative estimate of drug-likeness (QED) is 0.608. The number of thioether (sulfide) groups is 1. The van der Waals surface area contributed by atoms with Gasteiger partial charge in [0.25, 0.3) is 0 Å². The summed E-state index contributed by atoms with van der Waals surface area (Å²) in [4.78, 5) is 41.8. The van der Waals surface area contributed by atoms with Crippen molar-refractivity contribution in [2.75, 3.05) is 30.3 Å². The average Bonchev–Trinajstić information content (AvgIpc) is 3.27. The number of carbonyl (C=O) groups excluding carboxylic acids is 3. The third-order valence-electron chi connectivity index (χ3n) is 5.07. The van der Waals surface area contributed by atoms with Gasteiger partial charge < -0.3 is 9.32 Å². The van der Waals surface area contributed by atoms with Gasteiger partial charge in [0.15, 0.2) is 5.76 Å². The molecular formula is C22H28N4O4S. The fourth-order valence-corrected chi connectivity index (χ4v) is 4.28. The molecule has 1 aliphatic heterocycles. The van der Waals surface area contributed by atoms with Crippen LogP contribution in [0.2, 0.25) is 0 Å². The Balaban J connectivity index is 1.44. The number of hydrazine groups is 1. The Morgan fingerprint density at radius 3 is 2.61 bits per heavy atom. The molecule has 2 N–H and O–H groups in total. The summed E-state index contributed by atoms with van der Waals surface area (Å²) in [5.41, 5.74) is 5.57. The lowest BCUT2D eigenvalue weighted by Gasteiger charge is -2.29. The summed E-state index contributed by atoms with van der Waals surface area (Å²) in [6, 6.07) is 11.1. The van der Waals surface area contributed by atoms with Gasteiger partial charge in [-0.3, -0.25) is 30.1 Å². The molecule has 1 aliphatic rings. The lowest BCUT2D eigenvalue weighted by molar-refractivity contribution is -0.125. The molecule has 0 bridgehead atoms. The lowest BCUT2D eigenvalue weighted by Crippen LogP contribution is -2.42. The number of hydrogen-bond donors (Lipinski definition) is 2. The Hall–Kier alpha value is -2.78. The summed E-state index contributed by atoms with van der Waals surface area (Å²) in [6.07, 6.45) is 0.0474. The normalized spacial score (nSPS) is 13.1. The molecule has 166 valence electrons. The van der Waals surface area contributed by atoms with Crippen LogP contribution >= 0.6 is 11.8 Å². The third-order valence-corrected chi connectivity index (χ3v) is 6.11. The second-order valence-corrected chi connectivity index (χ2v) is 8.23. The number of benzene rings is 1. The number of hydrogen-bond acceptors (Lipinski definition) is 6. The van der Waals surface area contributed by atoms with Gasteiger partial charge in [0.05, 0.1) is 12.2 Å². The highest BCUT2D eigenvalue weighted by Gasteiger charge is 2.23. The smallest absolute Gasteiger partial charge is 0.305 e. The first kappa shape index (κ1) is 22.9. The standard InChI is InChI=1S/C22H28N4O4S/c1-3-25(4-2)15-16-9-10-18(30-16)22(29)24-23-20(27)11-12-21(28)26-13-14-31-19-8-6-5-7-17(19)26/h5-10H,3-4,11-15H2,1-2H3,(H,23,27)(H,24,29). The Labute approximate surface area is 186 Å².